The van der Waals surface area contributed by atoms with Crippen LogP contribution >= 0.6 is 0 Å². The van der Waals surface area contributed by atoms with Crippen LogP contribution in [0.2, 0.25) is 0 Å². The Morgan fingerprint density at radius 3 is 2.94 bits per heavy atom. The summed E-state index contributed by atoms with van der Waals surface area (Å²) in [5, 5.41) is 7.91. The molecule has 0 bridgehead atoms. The number of aromatic nitrogens is 2. The maximum atomic E-state index is 4.20. The molecule has 2 atom stereocenters. The van der Waals surface area contributed by atoms with Crippen molar-refractivity contribution in [2.45, 2.75) is 50.7 Å². The first kappa shape index (κ1) is 12.2. The van der Waals surface area contributed by atoms with Gasteiger partial charge in [-0.1, -0.05) is 0 Å². The normalized spacial score (nSPS) is 29.0. The lowest BCUT2D eigenvalue weighted by Crippen LogP contribution is -2.35. The molecule has 2 aliphatic rings. The van der Waals surface area contributed by atoms with Gasteiger partial charge in [-0.15, -0.1) is 0 Å². The molecule has 1 saturated carbocycles. The Morgan fingerprint density at radius 1 is 1.44 bits per heavy atom. The van der Waals surface area contributed by atoms with E-state index >= 15 is 0 Å². The van der Waals surface area contributed by atoms with Crippen molar-refractivity contribution in [1.29, 1.82) is 0 Å². The number of likely N-dealkylation sites (tertiary alicyclic amines) is 1. The number of rotatable bonds is 5. The third-order valence-electron chi connectivity index (χ3n) is 4.24. The predicted molar refractivity (Wildman–Crippen MR) is 72.5 cm³/mol. The van der Waals surface area contributed by atoms with Crippen LogP contribution in [0, 0.1) is 0 Å². The SMILES string of the molecule is CC1CC(NCCc2cnn(C)c2)CN1C1CC1. The number of hydrogen-bond donors (Lipinski definition) is 1. The summed E-state index contributed by atoms with van der Waals surface area (Å²) in [6.07, 6.45) is 9.32. The summed E-state index contributed by atoms with van der Waals surface area (Å²) >= 11 is 0. The number of nitrogens with one attached hydrogen (secondary N) is 1. The van der Waals surface area contributed by atoms with E-state index in [9.17, 15) is 0 Å². The molecule has 4 nitrogen and oxygen atoms in total. The van der Waals surface area contributed by atoms with Gasteiger partial charge in [0.05, 0.1) is 6.20 Å². The fourth-order valence-corrected chi connectivity index (χ4v) is 3.14. The summed E-state index contributed by atoms with van der Waals surface area (Å²) < 4.78 is 1.88. The van der Waals surface area contributed by atoms with E-state index in [1.807, 2.05) is 17.9 Å². The Balaban J connectivity index is 1.41. The molecule has 2 heterocycles. The first-order valence-corrected chi connectivity index (χ1v) is 7.19. The Bertz CT molecular complexity index is 396. The third kappa shape index (κ3) is 2.75. The summed E-state index contributed by atoms with van der Waals surface area (Å²) in [7, 11) is 1.98. The molecular formula is C14H24N4. The van der Waals surface area contributed by atoms with Gasteiger partial charge in [-0.05, 0) is 44.7 Å². The van der Waals surface area contributed by atoms with Crippen LogP contribution in [0.5, 0.6) is 0 Å². The lowest BCUT2D eigenvalue weighted by Gasteiger charge is -2.19. The number of hydrogen-bond acceptors (Lipinski definition) is 3. The minimum atomic E-state index is 0.692. The molecule has 1 aromatic rings. The number of nitrogens with zero attached hydrogens (tertiary/aromatic N) is 3. The Morgan fingerprint density at radius 2 is 2.28 bits per heavy atom. The lowest BCUT2D eigenvalue weighted by atomic mass is 10.2. The van der Waals surface area contributed by atoms with Gasteiger partial charge in [0.15, 0.2) is 0 Å². The highest BCUT2D eigenvalue weighted by atomic mass is 15.3. The van der Waals surface area contributed by atoms with Gasteiger partial charge in [0, 0.05) is 37.9 Å². The fourth-order valence-electron chi connectivity index (χ4n) is 3.14. The smallest absolute Gasteiger partial charge is 0.0522 e. The molecule has 4 heteroatoms. The zero-order valence-corrected chi connectivity index (χ0v) is 11.5. The molecule has 0 aromatic carbocycles. The van der Waals surface area contributed by atoms with Gasteiger partial charge in [0.25, 0.3) is 0 Å². The minimum Gasteiger partial charge on any atom is -0.312 e. The molecule has 18 heavy (non-hydrogen) atoms. The van der Waals surface area contributed by atoms with Crippen molar-refractivity contribution in [3.05, 3.63) is 18.0 Å². The van der Waals surface area contributed by atoms with Crippen LogP contribution in [0.15, 0.2) is 12.4 Å². The quantitative estimate of drug-likeness (QED) is 0.849. The monoisotopic (exact) mass is 248 g/mol. The largest absolute Gasteiger partial charge is 0.312 e. The van der Waals surface area contributed by atoms with Crippen molar-refractivity contribution < 1.29 is 0 Å². The van der Waals surface area contributed by atoms with Crippen molar-refractivity contribution in [1.82, 2.24) is 20.0 Å². The number of aryl methyl sites for hydroxylation is 1. The first-order valence-electron chi connectivity index (χ1n) is 7.19. The Hall–Kier alpha value is -0.870. The molecule has 1 aliphatic heterocycles. The van der Waals surface area contributed by atoms with E-state index in [0.29, 0.717) is 6.04 Å². The zero-order chi connectivity index (χ0) is 12.5. The van der Waals surface area contributed by atoms with E-state index in [-0.39, 0.29) is 0 Å². The average molecular weight is 248 g/mol. The van der Waals surface area contributed by atoms with E-state index in [0.717, 1.165) is 25.0 Å². The second kappa shape index (κ2) is 5.02. The highest BCUT2D eigenvalue weighted by Crippen LogP contribution is 2.33. The van der Waals surface area contributed by atoms with Crippen molar-refractivity contribution in [2.75, 3.05) is 13.1 Å². The third-order valence-corrected chi connectivity index (χ3v) is 4.24. The van der Waals surface area contributed by atoms with Crippen LogP contribution in [-0.2, 0) is 13.5 Å². The summed E-state index contributed by atoms with van der Waals surface area (Å²) in [6, 6.07) is 2.37. The van der Waals surface area contributed by atoms with E-state index in [2.05, 4.69) is 28.4 Å². The minimum absolute atomic E-state index is 0.692. The molecular weight excluding hydrogens is 224 g/mol. The topological polar surface area (TPSA) is 33.1 Å². The van der Waals surface area contributed by atoms with Gasteiger partial charge in [-0.3, -0.25) is 9.58 Å². The van der Waals surface area contributed by atoms with Crippen LogP contribution in [0.1, 0.15) is 31.7 Å². The molecule has 3 rings (SSSR count). The standard InChI is InChI=1S/C14H24N4/c1-11-7-13(10-18(11)14-3-4-14)15-6-5-12-8-16-17(2)9-12/h8-9,11,13-15H,3-7,10H2,1-2H3. The van der Waals surface area contributed by atoms with Gasteiger partial charge in [-0.2, -0.15) is 5.10 Å². The van der Waals surface area contributed by atoms with Crippen molar-refractivity contribution in [3.8, 4) is 0 Å². The van der Waals surface area contributed by atoms with Crippen LogP contribution in [-0.4, -0.2) is 45.9 Å². The average Bonchev–Trinajstić information content (AvgIpc) is 3.00. The molecule has 1 N–H and O–H groups in total. The predicted octanol–water partition coefficient (Wildman–Crippen LogP) is 1.18. The summed E-state index contributed by atoms with van der Waals surface area (Å²) in [6.45, 7) is 4.70. The Kier molecular flexibility index (Phi) is 3.39. The highest BCUT2D eigenvalue weighted by Gasteiger charge is 2.38. The van der Waals surface area contributed by atoms with Gasteiger partial charge < -0.3 is 5.32 Å². The van der Waals surface area contributed by atoms with Crippen LogP contribution in [0.3, 0.4) is 0 Å². The van der Waals surface area contributed by atoms with E-state index in [4.69, 9.17) is 0 Å². The maximum absolute atomic E-state index is 4.20. The van der Waals surface area contributed by atoms with Crippen molar-refractivity contribution in [3.63, 3.8) is 0 Å². The molecule has 1 saturated heterocycles. The summed E-state index contributed by atoms with van der Waals surface area (Å²) in [4.78, 5) is 2.70. The maximum Gasteiger partial charge on any atom is 0.0522 e. The van der Waals surface area contributed by atoms with E-state index in [1.54, 1.807) is 0 Å². The molecule has 0 radical (unpaired) electrons. The first-order chi connectivity index (χ1) is 8.72. The van der Waals surface area contributed by atoms with E-state index in [1.165, 1.54) is 31.4 Å². The second-order valence-electron chi connectivity index (χ2n) is 5.94. The van der Waals surface area contributed by atoms with Crippen LogP contribution < -0.4 is 5.32 Å². The summed E-state index contributed by atoms with van der Waals surface area (Å²) in [5.41, 5.74) is 1.33. The molecule has 2 unspecified atom stereocenters. The lowest BCUT2D eigenvalue weighted by molar-refractivity contribution is 0.255. The van der Waals surface area contributed by atoms with Crippen molar-refractivity contribution >= 4 is 0 Å². The highest BCUT2D eigenvalue weighted by molar-refractivity contribution is 5.04. The van der Waals surface area contributed by atoms with Gasteiger partial charge in [-0.25, -0.2) is 0 Å². The molecule has 1 aromatic heterocycles. The Labute approximate surface area is 109 Å². The van der Waals surface area contributed by atoms with Crippen molar-refractivity contribution in [2.24, 2.45) is 7.05 Å². The molecule has 2 fully saturated rings. The fraction of sp³-hybridized carbons (Fsp3) is 0.786. The zero-order valence-electron chi connectivity index (χ0n) is 11.5. The molecule has 0 spiro atoms. The molecule has 100 valence electrons. The van der Waals surface area contributed by atoms with Gasteiger partial charge in [0.2, 0.25) is 0 Å². The molecule has 0 amide bonds. The van der Waals surface area contributed by atoms with Crippen LogP contribution in [0.25, 0.3) is 0 Å². The van der Waals surface area contributed by atoms with Gasteiger partial charge >= 0.3 is 0 Å². The second-order valence-corrected chi connectivity index (χ2v) is 5.94. The van der Waals surface area contributed by atoms with Crippen LogP contribution in [0.4, 0.5) is 0 Å². The van der Waals surface area contributed by atoms with E-state index < -0.39 is 0 Å². The van der Waals surface area contributed by atoms with Gasteiger partial charge in [0.1, 0.15) is 0 Å². The summed E-state index contributed by atoms with van der Waals surface area (Å²) in [5.74, 6) is 0. The molecule has 1 aliphatic carbocycles.